The number of nitrogens with two attached hydrogens (primary N) is 1. The highest BCUT2D eigenvalue weighted by Crippen LogP contribution is 2.27. The van der Waals surface area contributed by atoms with Crippen molar-refractivity contribution in [2.75, 3.05) is 5.73 Å². The molecule has 0 unspecified atom stereocenters. The van der Waals surface area contributed by atoms with Crippen molar-refractivity contribution in [3.8, 4) is 0 Å². The lowest BCUT2D eigenvalue weighted by atomic mass is 10.1. The van der Waals surface area contributed by atoms with Crippen LogP contribution in [0, 0.1) is 10.8 Å². The molecule has 3 N–H and O–H groups in total. The summed E-state index contributed by atoms with van der Waals surface area (Å²) in [5.74, 6) is 0. The number of rotatable bonds is 1. The van der Waals surface area contributed by atoms with E-state index in [-0.39, 0.29) is 4.90 Å². The van der Waals surface area contributed by atoms with E-state index in [4.69, 9.17) is 21.1 Å². The van der Waals surface area contributed by atoms with Gasteiger partial charge >= 0.3 is 0 Å². The van der Waals surface area contributed by atoms with Gasteiger partial charge in [0.15, 0.2) is 0 Å². The van der Waals surface area contributed by atoms with Crippen LogP contribution >= 0.6 is 0 Å². The van der Waals surface area contributed by atoms with Gasteiger partial charge in [-0.15, -0.1) is 0 Å². The summed E-state index contributed by atoms with van der Waals surface area (Å²) in [6.45, 7) is 0. The molecule has 0 amide bonds. The third-order valence-corrected chi connectivity index (χ3v) is 3.11. The van der Waals surface area contributed by atoms with Gasteiger partial charge < -0.3 is 5.73 Å². The maximum atomic E-state index is 11.1. The van der Waals surface area contributed by atoms with Crippen LogP contribution in [0.15, 0.2) is 41.3 Å². The van der Waals surface area contributed by atoms with Gasteiger partial charge in [-0.25, -0.2) is 0 Å². The van der Waals surface area contributed by atoms with Crippen LogP contribution in [0.2, 0.25) is 0 Å². The maximum Gasteiger partial charge on any atom is 0.295 e. The molecule has 0 spiro atoms. The van der Waals surface area contributed by atoms with E-state index in [1.54, 1.807) is 24.3 Å². The van der Waals surface area contributed by atoms with E-state index in [0.29, 0.717) is 16.5 Å². The predicted octanol–water partition coefficient (Wildman–Crippen LogP) is 1.70. The third kappa shape index (κ3) is 2.50. The molecule has 0 saturated carbocycles. The van der Waals surface area contributed by atoms with Crippen molar-refractivity contribution < 1.29 is 13.0 Å². The quantitative estimate of drug-likeness (QED) is 0.451. The summed E-state index contributed by atoms with van der Waals surface area (Å²) >= 11 is 0. The molecule has 0 aromatic heterocycles. The monoisotopic (exact) mass is 251 g/mol. The average Bonchev–Trinajstić information content (AvgIpc) is 2.31. The van der Waals surface area contributed by atoms with Crippen molar-refractivity contribution in [2.45, 2.75) is 4.90 Å². The topological polar surface area (TPSA) is 128 Å². The Labute approximate surface area is 97.8 Å². The molecule has 0 bridgehead atoms. The molecule has 2 rings (SSSR count). The van der Waals surface area contributed by atoms with E-state index in [2.05, 4.69) is 0 Å². The molecule has 0 fully saturated rings. The summed E-state index contributed by atoms with van der Waals surface area (Å²) in [7, 11) is -4.20. The van der Waals surface area contributed by atoms with Crippen LogP contribution in [-0.2, 0) is 10.1 Å². The normalized spacial score (nSPS) is 10.5. The number of nitrogens with zero attached hydrogens (tertiary/aromatic N) is 2. The first-order chi connectivity index (χ1) is 8.00. The predicted molar refractivity (Wildman–Crippen MR) is 61.6 cm³/mol. The molecule has 0 atom stereocenters. The van der Waals surface area contributed by atoms with Gasteiger partial charge in [0.05, 0.1) is 0 Å². The van der Waals surface area contributed by atoms with Gasteiger partial charge in [-0.1, -0.05) is 24.3 Å². The van der Waals surface area contributed by atoms with Gasteiger partial charge in [-0.3, -0.25) is 4.55 Å². The Morgan fingerprint density at radius 3 is 2.06 bits per heavy atom. The van der Waals surface area contributed by atoms with Gasteiger partial charge in [-0.05, 0) is 12.1 Å². The molecule has 0 heterocycles. The number of nitrogen functional groups attached to an aromatic ring is 1. The van der Waals surface area contributed by atoms with Crippen molar-refractivity contribution in [1.29, 1.82) is 10.8 Å². The molecule has 0 radical (unpaired) electrons. The Kier molecular flexibility index (Phi) is 3.62. The van der Waals surface area contributed by atoms with Crippen molar-refractivity contribution in [3.05, 3.63) is 36.4 Å². The molecule has 7 heteroatoms. The zero-order valence-electron chi connectivity index (χ0n) is 8.61. The van der Waals surface area contributed by atoms with E-state index < -0.39 is 10.1 Å². The third-order valence-electron chi connectivity index (χ3n) is 2.20. The zero-order chi connectivity index (χ0) is 13.1. The Balaban J connectivity index is 0.000000686. The molecular weight excluding hydrogens is 242 g/mol. The fourth-order valence-electron chi connectivity index (χ4n) is 1.52. The minimum Gasteiger partial charge on any atom is -0.398 e. The Morgan fingerprint density at radius 2 is 1.53 bits per heavy atom. The largest absolute Gasteiger partial charge is 0.398 e. The van der Waals surface area contributed by atoms with Gasteiger partial charge in [0.25, 0.3) is 10.1 Å². The second-order valence-electron chi connectivity index (χ2n) is 3.17. The second-order valence-corrected chi connectivity index (χ2v) is 4.56. The second kappa shape index (κ2) is 4.78. The average molecular weight is 251 g/mol. The molecule has 6 nitrogen and oxygen atoms in total. The van der Waals surface area contributed by atoms with Crippen molar-refractivity contribution in [1.82, 2.24) is 0 Å². The summed E-state index contributed by atoms with van der Waals surface area (Å²) < 4.78 is 31.2. The molecule has 17 heavy (non-hydrogen) atoms. The summed E-state index contributed by atoms with van der Waals surface area (Å²) in [5.41, 5.74) is 6.18. The summed E-state index contributed by atoms with van der Waals surface area (Å²) in [6.07, 6.45) is 0. The van der Waals surface area contributed by atoms with Gasteiger partial charge in [0, 0.05) is 27.2 Å². The van der Waals surface area contributed by atoms with E-state index in [9.17, 15) is 8.42 Å². The molecule has 0 aliphatic heterocycles. The fourth-order valence-corrected chi connectivity index (χ4v) is 2.22. The van der Waals surface area contributed by atoms with Crippen LogP contribution in [0.25, 0.3) is 10.8 Å². The lowest BCUT2D eigenvalue weighted by molar-refractivity contribution is 0.484. The molecule has 0 saturated heterocycles. The highest BCUT2D eigenvalue weighted by Gasteiger charge is 2.14. The zero-order valence-corrected chi connectivity index (χ0v) is 9.42. The number of hydrogen-bond acceptors (Lipinski definition) is 5. The van der Waals surface area contributed by atoms with Gasteiger partial charge in [-0.2, -0.15) is 8.42 Å². The fraction of sp³-hybridized carbons (Fsp3) is 0. The maximum absolute atomic E-state index is 11.1. The number of fused-ring (bicyclic) bond motifs is 1. The van der Waals surface area contributed by atoms with Crippen molar-refractivity contribution in [2.24, 2.45) is 0 Å². The number of anilines is 1. The van der Waals surface area contributed by atoms with Crippen LogP contribution in [-0.4, -0.2) is 13.0 Å². The SMILES string of the molecule is N#N.Nc1ccc(S(=O)(=O)O)c2ccccc12. The molecule has 0 aliphatic carbocycles. The standard InChI is InChI=1S/C10H9NO3S.N2/c11-9-5-6-10(15(12,13)14)8-4-2-1-3-7(8)9;1-2/h1-6H,11H2,(H,12,13,14);. The van der Waals surface area contributed by atoms with E-state index in [1.807, 2.05) is 0 Å². The van der Waals surface area contributed by atoms with Crippen LogP contribution in [0.1, 0.15) is 0 Å². The highest BCUT2D eigenvalue weighted by atomic mass is 32.2. The first-order valence-electron chi connectivity index (χ1n) is 4.45. The molecule has 0 aliphatic rings. The Bertz CT molecular complexity index is 665. The summed E-state index contributed by atoms with van der Waals surface area (Å²) in [6, 6.07) is 9.52. The van der Waals surface area contributed by atoms with E-state index >= 15 is 0 Å². The Morgan fingerprint density at radius 1 is 1.00 bits per heavy atom. The minimum atomic E-state index is -4.20. The number of hydrogen-bond donors (Lipinski definition) is 2. The first kappa shape index (κ1) is 12.9. The van der Waals surface area contributed by atoms with Crippen LogP contribution in [0.3, 0.4) is 0 Å². The molecule has 2 aromatic rings. The molecule has 88 valence electrons. The molecule has 2 aromatic carbocycles. The van der Waals surface area contributed by atoms with Crippen LogP contribution in [0.5, 0.6) is 0 Å². The summed E-state index contributed by atoms with van der Waals surface area (Å²) in [4.78, 5) is -0.118. The van der Waals surface area contributed by atoms with E-state index in [1.165, 1.54) is 12.1 Å². The number of benzene rings is 2. The van der Waals surface area contributed by atoms with Crippen molar-refractivity contribution >= 4 is 26.6 Å². The lowest BCUT2D eigenvalue weighted by Crippen LogP contribution is -2.00. The Hall–Kier alpha value is -2.17. The minimum absolute atomic E-state index is 0.118. The van der Waals surface area contributed by atoms with Crippen molar-refractivity contribution in [3.63, 3.8) is 0 Å². The smallest absolute Gasteiger partial charge is 0.295 e. The van der Waals surface area contributed by atoms with Gasteiger partial charge in [0.1, 0.15) is 4.90 Å². The summed E-state index contributed by atoms with van der Waals surface area (Å²) in [5, 5.41) is 13.0. The van der Waals surface area contributed by atoms with Gasteiger partial charge in [0.2, 0.25) is 0 Å². The lowest BCUT2D eigenvalue weighted by Gasteiger charge is -2.05. The highest BCUT2D eigenvalue weighted by molar-refractivity contribution is 7.86. The van der Waals surface area contributed by atoms with Crippen LogP contribution < -0.4 is 5.73 Å². The van der Waals surface area contributed by atoms with E-state index in [0.717, 1.165) is 0 Å². The molecular formula is C10H9N3O3S. The van der Waals surface area contributed by atoms with Crippen LogP contribution in [0.4, 0.5) is 5.69 Å². The first-order valence-corrected chi connectivity index (χ1v) is 5.89.